The molecule has 22 heavy (non-hydrogen) atoms. The second-order valence-corrected chi connectivity index (χ2v) is 6.44. The number of aliphatic carboxylic acids is 1. The number of carboxylic acid groups (broad SMARTS) is 1. The highest BCUT2D eigenvalue weighted by Gasteiger charge is 2.12. The number of hydrogen-bond acceptors (Lipinski definition) is 4. The lowest BCUT2D eigenvalue weighted by Gasteiger charge is -2.07. The molecule has 0 bridgehead atoms. The first-order valence-electron chi connectivity index (χ1n) is 7.40. The maximum absolute atomic E-state index is 11.6. The molecular formula is C16H20N2O3S. The molecule has 0 spiro atoms. The van der Waals surface area contributed by atoms with Crippen molar-refractivity contribution in [2.75, 3.05) is 6.54 Å². The summed E-state index contributed by atoms with van der Waals surface area (Å²) in [6.45, 7) is 1.77. The molecule has 2 N–H and O–H groups in total. The lowest BCUT2D eigenvalue weighted by Crippen LogP contribution is -2.31. The molecule has 2 rings (SSSR count). The van der Waals surface area contributed by atoms with E-state index in [1.165, 1.54) is 4.70 Å². The van der Waals surface area contributed by atoms with E-state index < -0.39 is 11.9 Å². The fourth-order valence-electron chi connectivity index (χ4n) is 2.03. The van der Waals surface area contributed by atoms with Gasteiger partial charge in [-0.2, -0.15) is 0 Å². The number of nitrogens with one attached hydrogen (secondary N) is 1. The molecule has 0 aliphatic rings. The summed E-state index contributed by atoms with van der Waals surface area (Å²) in [4.78, 5) is 26.8. The molecule has 0 radical (unpaired) electrons. The van der Waals surface area contributed by atoms with Gasteiger partial charge in [-0.3, -0.25) is 9.59 Å². The summed E-state index contributed by atoms with van der Waals surface area (Å²) in [6.07, 6.45) is 2.99. The van der Waals surface area contributed by atoms with Crippen LogP contribution in [0.2, 0.25) is 0 Å². The molecule has 1 unspecified atom stereocenters. The Morgan fingerprint density at radius 3 is 2.82 bits per heavy atom. The molecule has 0 saturated heterocycles. The van der Waals surface area contributed by atoms with Crippen molar-refractivity contribution in [2.45, 2.75) is 32.6 Å². The number of hydrogen-bond donors (Lipinski definition) is 2. The van der Waals surface area contributed by atoms with Crippen molar-refractivity contribution in [3.05, 3.63) is 29.3 Å². The van der Waals surface area contributed by atoms with Gasteiger partial charge in [-0.25, -0.2) is 4.98 Å². The molecule has 1 aromatic heterocycles. The van der Waals surface area contributed by atoms with Gasteiger partial charge in [0.1, 0.15) is 0 Å². The standard InChI is InChI=1S/C16H20N2O3S/c1-11(16(20)21)10-17-14(19)8-4-5-9-15-18-12-6-2-3-7-13(12)22-15/h2-3,6-7,11H,4-5,8-10H2,1H3,(H,17,19)(H,20,21). The molecule has 0 fully saturated rings. The van der Waals surface area contributed by atoms with Gasteiger partial charge in [0, 0.05) is 13.0 Å². The van der Waals surface area contributed by atoms with Crippen molar-refractivity contribution in [1.82, 2.24) is 10.3 Å². The van der Waals surface area contributed by atoms with Gasteiger partial charge in [0.25, 0.3) is 0 Å². The van der Waals surface area contributed by atoms with Crippen LogP contribution in [0.1, 0.15) is 31.2 Å². The molecule has 0 saturated carbocycles. The third-order valence-electron chi connectivity index (χ3n) is 3.41. The number of benzene rings is 1. The van der Waals surface area contributed by atoms with E-state index in [1.807, 2.05) is 18.2 Å². The minimum atomic E-state index is -0.892. The number of unbranched alkanes of at least 4 members (excludes halogenated alkanes) is 1. The van der Waals surface area contributed by atoms with E-state index in [4.69, 9.17) is 5.11 Å². The molecule has 2 aromatic rings. The lowest BCUT2D eigenvalue weighted by molar-refractivity contribution is -0.141. The minimum Gasteiger partial charge on any atom is -0.481 e. The highest BCUT2D eigenvalue weighted by Crippen LogP contribution is 2.22. The Morgan fingerprint density at radius 1 is 1.32 bits per heavy atom. The Labute approximate surface area is 133 Å². The topological polar surface area (TPSA) is 79.3 Å². The first-order valence-corrected chi connectivity index (χ1v) is 8.22. The van der Waals surface area contributed by atoms with E-state index in [9.17, 15) is 9.59 Å². The number of rotatable bonds is 8. The number of carbonyl (C=O) groups is 2. The van der Waals surface area contributed by atoms with Gasteiger partial charge in [0.15, 0.2) is 0 Å². The van der Waals surface area contributed by atoms with E-state index in [0.29, 0.717) is 6.42 Å². The minimum absolute atomic E-state index is 0.0857. The molecule has 6 heteroatoms. The molecule has 1 amide bonds. The van der Waals surface area contributed by atoms with Crippen LogP contribution in [0.15, 0.2) is 24.3 Å². The number of amides is 1. The van der Waals surface area contributed by atoms with Crippen molar-refractivity contribution >= 4 is 33.4 Å². The van der Waals surface area contributed by atoms with Crippen molar-refractivity contribution < 1.29 is 14.7 Å². The van der Waals surface area contributed by atoms with Crippen LogP contribution in [-0.4, -0.2) is 28.5 Å². The number of nitrogens with zero attached hydrogens (tertiary/aromatic N) is 1. The zero-order valence-corrected chi connectivity index (χ0v) is 13.4. The SMILES string of the molecule is CC(CNC(=O)CCCCc1nc2ccccc2s1)C(=O)O. The van der Waals surface area contributed by atoms with Gasteiger partial charge >= 0.3 is 5.97 Å². The molecule has 1 atom stereocenters. The predicted octanol–water partition coefficient (Wildman–Crippen LogP) is 2.85. The summed E-state index contributed by atoms with van der Waals surface area (Å²) in [5, 5.41) is 12.5. The smallest absolute Gasteiger partial charge is 0.308 e. The monoisotopic (exact) mass is 320 g/mol. The summed E-state index contributed by atoms with van der Waals surface area (Å²) < 4.78 is 1.19. The highest BCUT2D eigenvalue weighted by molar-refractivity contribution is 7.18. The lowest BCUT2D eigenvalue weighted by atomic mass is 10.1. The third kappa shape index (κ3) is 4.80. The van der Waals surface area contributed by atoms with Gasteiger partial charge in [0.05, 0.1) is 21.1 Å². The van der Waals surface area contributed by atoms with Crippen molar-refractivity contribution in [1.29, 1.82) is 0 Å². The number of thiazole rings is 1. The van der Waals surface area contributed by atoms with Crippen LogP contribution in [0.3, 0.4) is 0 Å². The maximum Gasteiger partial charge on any atom is 0.308 e. The van der Waals surface area contributed by atoms with Crippen molar-refractivity contribution in [3.8, 4) is 0 Å². The number of carbonyl (C=O) groups excluding carboxylic acids is 1. The molecule has 1 aromatic carbocycles. The zero-order valence-electron chi connectivity index (χ0n) is 12.5. The van der Waals surface area contributed by atoms with E-state index in [-0.39, 0.29) is 12.5 Å². The average Bonchev–Trinajstić information content (AvgIpc) is 2.91. The van der Waals surface area contributed by atoms with Crippen molar-refractivity contribution in [2.24, 2.45) is 5.92 Å². The number of carboxylic acids is 1. The summed E-state index contributed by atoms with van der Waals surface area (Å²) in [7, 11) is 0. The molecule has 0 aliphatic heterocycles. The van der Waals surface area contributed by atoms with Crippen LogP contribution in [0.4, 0.5) is 0 Å². The summed E-state index contributed by atoms with van der Waals surface area (Å²) >= 11 is 1.70. The van der Waals surface area contributed by atoms with E-state index in [0.717, 1.165) is 29.8 Å². The number of para-hydroxylation sites is 1. The Balaban J connectivity index is 1.66. The predicted molar refractivity (Wildman–Crippen MR) is 87.0 cm³/mol. The fraction of sp³-hybridized carbons (Fsp3) is 0.438. The summed E-state index contributed by atoms with van der Waals surface area (Å²) in [6, 6.07) is 8.06. The molecular weight excluding hydrogens is 300 g/mol. The Morgan fingerprint density at radius 2 is 2.09 bits per heavy atom. The largest absolute Gasteiger partial charge is 0.481 e. The number of aromatic nitrogens is 1. The summed E-state index contributed by atoms with van der Waals surface area (Å²) in [5.41, 5.74) is 1.03. The van der Waals surface area contributed by atoms with Gasteiger partial charge in [-0.05, 0) is 31.4 Å². The van der Waals surface area contributed by atoms with Crippen LogP contribution in [0.25, 0.3) is 10.2 Å². The molecule has 5 nitrogen and oxygen atoms in total. The van der Waals surface area contributed by atoms with E-state index in [2.05, 4.69) is 16.4 Å². The maximum atomic E-state index is 11.6. The quantitative estimate of drug-likeness (QED) is 0.733. The van der Waals surface area contributed by atoms with Crippen LogP contribution >= 0.6 is 11.3 Å². The average molecular weight is 320 g/mol. The highest BCUT2D eigenvalue weighted by atomic mass is 32.1. The number of fused-ring (bicyclic) bond motifs is 1. The first kappa shape index (κ1) is 16.4. The van der Waals surface area contributed by atoms with Crippen LogP contribution in [0.5, 0.6) is 0 Å². The molecule has 1 heterocycles. The Kier molecular flexibility index (Phi) is 5.89. The Bertz CT molecular complexity index is 621. The Hall–Kier alpha value is -1.95. The van der Waals surface area contributed by atoms with Crippen LogP contribution < -0.4 is 5.32 Å². The summed E-state index contributed by atoms with van der Waals surface area (Å²) in [5.74, 6) is -1.53. The fourth-order valence-corrected chi connectivity index (χ4v) is 3.04. The zero-order chi connectivity index (χ0) is 15.9. The molecule has 0 aliphatic carbocycles. The van der Waals surface area contributed by atoms with Crippen LogP contribution in [0, 0.1) is 5.92 Å². The van der Waals surface area contributed by atoms with Crippen molar-refractivity contribution in [3.63, 3.8) is 0 Å². The van der Waals surface area contributed by atoms with Gasteiger partial charge in [0.2, 0.25) is 5.91 Å². The van der Waals surface area contributed by atoms with Gasteiger partial charge < -0.3 is 10.4 Å². The van der Waals surface area contributed by atoms with E-state index in [1.54, 1.807) is 18.3 Å². The third-order valence-corrected chi connectivity index (χ3v) is 4.51. The first-order chi connectivity index (χ1) is 10.6. The molecule has 118 valence electrons. The van der Waals surface area contributed by atoms with E-state index >= 15 is 0 Å². The number of aryl methyl sites for hydroxylation is 1. The second kappa shape index (κ2) is 7.89. The normalized spacial score (nSPS) is 12.2. The van der Waals surface area contributed by atoms with Gasteiger partial charge in [-0.15, -0.1) is 11.3 Å². The van der Waals surface area contributed by atoms with Crippen LogP contribution in [-0.2, 0) is 16.0 Å². The second-order valence-electron chi connectivity index (χ2n) is 5.33. The van der Waals surface area contributed by atoms with Gasteiger partial charge in [-0.1, -0.05) is 19.1 Å².